The normalized spacial score (nSPS) is 14.9. The van der Waals surface area contributed by atoms with Crippen LogP contribution in [0.5, 0.6) is 10.8 Å². The molecule has 1 saturated heterocycles. The molecule has 0 amide bonds. The zero-order valence-corrected chi connectivity index (χ0v) is 20.1. The molecule has 0 saturated carbocycles. The summed E-state index contributed by atoms with van der Waals surface area (Å²) < 4.78 is 72.9. The Bertz CT molecular complexity index is 1260. The van der Waals surface area contributed by atoms with Crippen LogP contribution in [0.4, 0.5) is 18.9 Å². The highest BCUT2D eigenvalue weighted by Crippen LogP contribution is 2.40. The van der Waals surface area contributed by atoms with Crippen LogP contribution in [0.25, 0.3) is 0 Å². The lowest BCUT2D eigenvalue weighted by atomic mass is 10.1. The lowest BCUT2D eigenvalue weighted by Crippen LogP contribution is -2.43. The largest absolute Gasteiger partial charge is 0.445 e. The van der Waals surface area contributed by atoms with E-state index in [0.717, 1.165) is 49.3 Å². The van der Waals surface area contributed by atoms with Gasteiger partial charge in [0.2, 0.25) is 5.06 Å². The van der Waals surface area contributed by atoms with Gasteiger partial charge in [-0.2, -0.15) is 13.2 Å². The molecule has 1 aromatic heterocycles. The molecule has 34 heavy (non-hydrogen) atoms. The van der Waals surface area contributed by atoms with E-state index in [0.29, 0.717) is 5.75 Å². The van der Waals surface area contributed by atoms with E-state index >= 15 is 0 Å². The third-order valence-corrected chi connectivity index (χ3v) is 8.46. The topological polar surface area (TPSA) is 70.7 Å². The minimum absolute atomic E-state index is 0.0913. The van der Waals surface area contributed by atoms with Gasteiger partial charge in [0.05, 0.1) is 10.6 Å². The van der Waals surface area contributed by atoms with Crippen molar-refractivity contribution in [3.8, 4) is 10.8 Å². The number of rotatable bonds is 7. The van der Waals surface area contributed by atoms with Gasteiger partial charge in [-0.25, -0.2) is 13.1 Å². The van der Waals surface area contributed by atoms with Gasteiger partial charge in [-0.3, -0.25) is 0 Å². The minimum Gasteiger partial charge on any atom is -0.445 e. The first kappa shape index (κ1) is 24.8. The van der Waals surface area contributed by atoms with Crippen molar-refractivity contribution in [1.29, 1.82) is 0 Å². The van der Waals surface area contributed by atoms with Crippen LogP contribution < -0.4 is 19.7 Å². The fraction of sp³-hybridized carbons (Fsp3) is 0.273. The molecule has 0 spiro atoms. The molecule has 1 aliphatic rings. The minimum atomic E-state index is -4.59. The summed E-state index contributed by atoms with van der Waals surface area (Å²) in [5.74, 6) is 0.496. The van der Waals surface area contributed by atoms with Crippen LogP contribution in [0.15, 0.2) is 58.8 Å². The molecule has 1 aliphatic heterocycles. The number of thiophene rings is 1. The number of nitrogens with zero attached hydrogens (tertiary/aromatic N) is 1. The molecular formula is C22H21ClF3N3O3S2. The van der Waals surface area contributed by atoms with Crippen molar-refractivity contribution < 1.29 is 26.3 Å². The van der Waals surface area contributed by atoms with E-state index in [1.807, 2.05) is 18.2 Å². The van der Waals surface area contributed by atoms with E-state index in [-0.39, 0.29) is 19.9 Å². The molecule has 12 heteroatoms. The quantitative estimate of drug-likeness (QED) is 0.444. The second-order valence-corrected chi connectivity index (χ2v) is 10.9. The summed E-state index contributed by atoms with van der Waals surface area (Å²) in [6.07, 6.45) is -4.59. The number of ether oxygens (including phenoxy) is 1. The Balaban J connectivity index is 1.49. The molecule has 0 unspecified atom stereocenters. The summed E-state index contributed by atoms with van der Waals surface area (Å²) in [5, 5.41) is 3.55. The van der Waals surface area contributed by atoms with Gasteiger partial charge in [0, 0.05) is 44.5 Å². The lowest BCUT2D eigenvalue weighted by molar-refractivity contribution is -0.138. The first-order valence-corrected chi connectivity index (χ1v) is 13.0. The van der Waals surface area contributed by atoms with Crippen molar-refractivity contribution in [2.45, 2.75) is 16.9 Å². The third kappa shape index (κ3) is 5.84. The number of sulfonamides is 1. The smallest absolute Gasteiger partial charge is 0.416 e. The Hall–Kier alpha value is -2.31. The van der Waals surface area contributed by atoms with E-state index in [1.54, 1.807) is 6.07 Å². The predicted octanol–water partition coefficient (Wildman–Crippen LogP) is 5.10. The predicted molar refractivity (Wildman–Crippen MR) is 126 cm³/mol. The Labute approximate surface area is 204 Å². The van der Waals surface area contributed by atoms with Gasteiger partial charge >= 0.3 is 6.18 Å². The van der Waals surface area contributed by atoms with Crippen LogP contribution in [0.1, 0.15) is 11.1 Å². The van der Waals surface area contributed by atoms with Gasteiger partial charge in [0.25, 0.3) is 10.0 Å². The highest BCUT2D eigenvalue weighted by atomic mass is 35.5. The summed E-state index contributed by atoms with van der Waals surface area (Å²) in [7, 11) is -4.12. The second-order valence-electron chi connectivity index (χ2n) is 7.52. The molecule has 1 fully saturated rings. The Morgan fingerprint density at radius 1 is 1.09 bits per heavy atom. The summed E-state index contributed by atoms with van der Waals surface area (Å²) in [5.41, 5.74) is -0.0951. The molecule has 2 aromatic carbocycles. The van der Waals surface area contributed by atoms with Crippen molar-refractivity contribution >= 4 is 38.6 Å². The number of hydrogen-bond acceptors (Lipinski definition) is 6. The van der Waals surface area contributed by atoms with Crippen molar-refractivity contribution in [3.05, 3.63) is 70.7 Å². The Kier molecular flexibility index (Phi) is 7.39. The molecular weight excluding hydrogens is 511 g/mol. The van der Waals surface area contributed by atoms with Gasteiger partial charge in [0.15, 0.2) is 0 Å². The first-order valence-electron chi connectivity index (χ1n) is 10.3. The van der Waals surface area contributed by atoms with E-state index in [1.165, 1.54) is 24.3 Å². The number of alkyl halides is 3. The van der Waals surface area contributed by atoms with Crippen LogP contribution in [0, 0.1) is 0 Å². The summed E-state index contributed by atoms with van der Waals surface area (Å²) >= 11 is 7.01. The zero-order chi connectivity index (χ0) is 24.3. The molecule has 182 valence electrons. The van der Waals surface area contributed by atoms with Crippen molar-refractivity contribution in [1.82, 2.24) is 10.0 Å². The summed E-state index contributed by atoms with van der Waals surface area (Å²) in [4.78, 5) is 2.21. The van der Waals surface area contributed by atoms with Gasteiger partial charge in [-0.15, -0.1) is 0 Å². The molecule has 0 atom stereocenters. The van der Waals surface area contributed by atoms with Gasteiger partial charge in [-0.05, 0) is 29.8 Å². The van der Waals surface area contributed by atoms with Crippen LogP contribution in [0.3, 0.4) is 0 Å². The molecule has 0 aliphatic carbocycles. The Morgan fingerprint density at radius 2 is 1.82 bits per heavy atom. The summed E-state index contributed by atoms with van der Waals surface area (Å²) in [6.45, 7) is 2.95. The van der Waals surface area contributed by atoms with Crippen molar-refractivity contribution in [3.63, 3.8) is 0 Å². The highest BCUT2D eigenvalue weighted by molar-refractivity contribution is 7.91. The fourth-order valence-corrected chi connectivity index (χ4v) is 6.15. The number of piperazine rings is 1. The molecule has 6 nitrogen and oxygen atoms in total. The van der Waals surface area contributed by atoms with Gasteiger partial charge in [0.1, 0.15) is 9.96 Å². The lowest BCUT2D eigenvalue weighted by Gasteiger charge is -2.29. The third-order valence-electron chi connectivity index (χ3n) is 5.18. The molecule has 0 radical (unpaired) electrons. The maximum Gasteiger partial charge on any atom is 0.416 e. The zero-order valence-electron chi connectivity index (χ0n) is 17.7. The monoisotopic (exact) mass is 531 g/mol. The second kappa shape index (κ2) is 10.1. The van der Waals surface area contributed by atoms with Crippen molar-refractivity contribution in [2.24, 2.45) is 0 Å². The number of anilines is 1. The number of nitrogens with one attached hydrogen (secondary N) is 2. The van der Waals surface area contributed by atoms with Crippen LogP contribution >= 0.6 is 22.9 Å². The van der Waals surface area contributed by atoms with Crippen LogP contribution in [-0.2, 0) is 22.7 Å². The van der Waals surface area contributed by atoms with E-state index in [9.17, 15) is 21.6 Å². The van der Waals surface area contributed by atoms with Crippen molar-refractivity contribution in [2.75, 3.05) is 31.1 Å². The number of hydrogen-bond donors (Lipinski definition) is 2. The van der Waals surface area contributed by atoms with E-state index in [4.69, 9.17) is 16.3 Å². The maximum absolute atomic E-state index is 13.2. The molecule has 0 bridgehead atoms. The highest BCUT2D eigenvalue weighted by Gasteiger charge is 2.33. The van der Waals surface area contributed by atoms with Crippen LogP contribution in [-0.4, -0.2) is 34.6 Å². The summed E-state index contributed by atoms with van der Waals surface area (Å²) in [6, 6.07) is 13.4. The van der Waals surface area contributed by atoms with E-state index in [2.05, 4.69) is 14.9 Å². The van der Waals surface area contributed by atoms with Crippen LogP contribution in [0.2, 0.25) is 5.02 Å². The molecule has 2 N–H and O–H groups in total. The standard InChI is InChI=1S/C22H21ClF3N3O3S2/c23-19-13-20(34(30,31)28-14-15-4-1-2-7-18(15)22(24,25)26)33-21(19)32-17-6-3-5-16(12-17)29-10-8-27-9-11-29/h1-7,12-13,27-28H,8-11,14H2. The van der Waals surface area contributed by atoms with E-state index < -0.39 is 28.3 Å². The maximum atomic E-state index is 13.2. The molecule has 3 aromatic rings. The average molecular weight is 532 g/mol. The van der Waals surface area contributed by atoms with Gasteiger partial charge in [-0.1, -0.05) is 47.2 Å². The SMILES string of the molecule is O=S(=O)(NCc1ccccc1C(F)(F)F)c1cc(Cl)c(Oc2cccc(N3CCNCC3)c2)s1. The fourth-order valence-electron chi connectivity index (χ4n) is 3.50. The molecule has 2 heterocycles. The molecule has 4 rings (SSSR count). The number of benzene rings is 2. The Morgan fingerprint density at radius 3 is 2.56 bits per heavy atom. The number of halogens is 4. The first-order chi connectivity index (χ1) is 16.1. The average Bonchev–Trinajstić information content (AvgIpc) is 3.19. The van der Waals surface area contributed by atoms with Gasteiger partial charge < -0.3 is 15.0 Å².